The molecular weight excluding hydrogens is 391 g/mol. The summed E-state index contributed by atoms with van der Waals surface area (Å²) in [6.45, 7) is 2.27. The van der Waals surface area contributed by atoms with Gasteiger partial charge in [0, 0.05) is 0 Å². The largest absolute Gasteiger partial charge is 0.0750 e. The molecule has 3 aromatic rings. The van der Waals surface area contributed by atoms with E-state index in [4.69, 9.17) is 0 Å². The van der Waals surface area contributed by atoms with Gasteiger partial charge in [-0.2, -0.15) is 0 Å². The highest BCUT2D eigenvalue weighted by molar-refractivity contribution is 14.1. The second-order valence-electron chi connectivity index (χ2n) is 6.26. The van der Waals surface area contributed by atoms with Crippen LogP contribution in [0.15, 0.2) is 64.8 Å². The molecule has 0 amide bonds. The third-order valence-electron chi connectivity index (χ3n) is 4.59. The first-order chi connectivity index (χ1) is 11.3. The van der Waals surface area contributed by atoms with Crippen molar-refractivity contribution >= 4 is 44.1 Å². The van der Waals surface area contributed by atoms with Gasteiger partial charge in [0.05, 0.1) is 0 Å². The van der Waals surface area contributed by atoms with E-state index in [0.29, 0.717) is 5.92 Å². The monoisotopic (exact) mass is 414 g/mol. The summed E-state index contributed by atoms with van der Waals surface area (Å²) in [4.78, 5) is 0. The molecule has 0 saturated carbocycles. The number of allylic oxidation sites excluding steroid dienone is 1. The SMILES string of the molecule is CCCCC(C=CI)Cc1cccc2cc3ccccc3cc12. The normalized spacial score (nSPS) is 13.1. The lowest BCUT2D eigenvalue weighted by atomic mass is 9.90. The molecule has 1 unspecified atom stereocenters. The van der Waals surface area contributed by atoms with E-state index in [1.54, 1.807) is 0 Å². The molecule has 118 valence electrons. The number of halogens is 1. The van der Waals surface area contributed by atoms with E-state index in [1.165, 1.54) is 46.4 Å². The zero-order valence-electron chi connectivity index (χ0n) is 13.6. The van der Waals surface area contributed by atoms with Crippen LogP contribution in [-0.4, -0.2) is 0 Å². The van der Waals surface area contributed by atoms with Crippen molar-refractivity contribution in [3.05, 3.63) is 70.3 Å². The van der Waals surface area contributed by atoms with Crippen LogP contribution < -0.4 is 0 Å². The fourth-order valence-electron chi connectivity index (χ4n) is 3.33. The van der Waals surface area contributed by atoms with Crippen LogP contribution >= 0.6 is 22.6 Å². The first kappa shape index (κ1) is 16.5. The van der Waals surface area contributed by atoms with Crippen molar-refractivity contribution in [2.45, 2.75) is 32.6 Å². The van der Waals surface area contributed by atoms with Gasteiger partial charge in [-0.15, -0.1) is 0 Å². The second-order valence-corrected chi connectivity index (χ2v) is 6.98. The van der Waals surface area contributed by atoms with Crippen LogP contribution in [0.4, 0.5) is 0 Å². The highest BCUT2D eigenvalue weighted by Gasteiger charge is 2.09. The van der Waals surface area contributed by atoms with Crippen LogP contribution in [-0.2, 0) is 6.42 Å². The van der Waals surface area contributed by atoms with E-state index in [-0.39, 0.29) is 0 Å². The molecular formula is C22H23I. The van der Waals surface area contributed by atoms with E-state index in [1.807, 2.05) is 0 Å². The number of rotatable bonds is 6. The average molecular weight is 414 g/mol. The summed E-state index contributed by atoms with van der Waals surface area (Å²) in [5.74, 6) is 0.643. The van der Waals surface area contributed by atoms with Gasteiger partial charge in [0.2, 0.25) is 0 Å². The minimum atomic E-state index is 0.643. The molecule has 0 aliphatic carbocycles. The van der Waals surface area contributed by atoms with Gasteiger partial charge in [0.25, 0.3) is 0 Å². The van der Waals surface area contributed by atoms with Crippen LogP contribution in [0.3, 0.4) is 0 Å². The molecule has 3 rings (SSSR count). The van der Waals surface area contributed by atoms with Gasteiger partial charge in [-0.25, -0.2) is 0 Å². The number of hydrogen-bond donors (Lipinski definition) is 0. The Labute approximate surface area is 152 Å². The molecule has 1 atom stereocenters. The molecule has 0 radical (unpaired) electrons. The quantitative estimate of drug-likeness (QED) is 0.293. The Bertz CT molecular complexity index is 816. The van der Waals surface area contributed by atoms with Crippen LogP contribution in [0.2, 0.25) is 0 Å². The lowest BCUT2D eigenvalue weighted by molar-refractivity contribution is 0.554. The zero-order valence-corrected chi connectivity index (χ0v) is 15.8. The fraction of sp³-hybridized carbons (Fsp3) is 0.273. The van der Waals surface area contributed by atoms with Crippen LogP contribution in [0.25, 0.3) is 21.5 Å². The van der Waals surface area contributed by atoms with E-state index in [2.05, 4.69) is 94.3 Å². The maximum Gasteiger partial charge on any atom is -0.0145 e. The molecule has 0 nitrogen and oxygen atoms in total. The van der Waals surface area contributed by atoms with Gasteiger partial charge in [-0.3, -0.25) is 0 Å². The third-order valence-corrected chi connectivity index (χ3v) is 5.01. The maximum absolute atomic E-state index is 2.37. The van der Waals surface area contributed by atoms with Gasteiger partial charge in [-0.05, 0) is 62.1 Å². The third kappa shape index (κ3) is 3.95. The minimum Gasteiger partial charge on any atom is -0.0750 e. The summed E-state index contributed by atoms with van der Waals surface area (Å²) in [5.41, 5.74) is 1.48. The number of hydrogen-bond acceptors (Lipinski definition) is 0. The first-order valence-corrected chi connectivity index (χ1v) is 9.73. The summed E-state index contributed by atoms with van der Waals surface area (Å²) in [7, 11) is 0. The average Bonchev–Trinajstić information content (AvgIpc) is 2.58. The molecule has 23 heavy (non-hydrogen) atoms. The van der Waals surface area contributed by atoms with Crippen molar-refractivity contribution in [1.82, 2.24) is 0 Å². The van der Waals surface area contributed by atoms with E-state index < -0.39 is 0 Å². The number of unbranched alkanes of at least 4 members (excludes halogenated alkanes) is 1. The lowest BCUT2D eigenvalue weighted by Crippen LogP contribution is -2.02. The van der Waals surface area contributed by atoms with Gasteiger partial charge in [0.1, 0.15) is 0 Å². The first-order valence-electron chi connectivity index (χ1n) is 8.49. The van der Waals surface area contributed by atoms with Crippen LogP contribution in [0.1, 0.15) is 31.7 Å². The predicted molar refractivity (Wildman–Crippen MR) is 111 cm³/mol. The molecule has 1 heteroatoms. The zero-order chi connectivity index (χ0) is 16.1. The number of benzene rings is 3. The molecule has 0 heterocycles. The van der Waals surface area contributed by atoms with E-state index in [0.717, 1.165) is 6.42 Å². The van der Waals surface area contributed by atoms with Crippen molar-refractivity contribution in [2.24, 2.45) is 5.92 Å². The Balaban J connectivity index is 2.00. The van der Waals surface area contributed by atoms with Gasteiger partial charge >= 0.3 is 0 Å². The van der Waals surface area contributed by atoms with Crippen LogP contribution in [0.5, 0.6) is 0 Å². The Morgan fingerprint density at radius 1 is 0.957 bits per heavy atom. The molecule has 0 saturated heterocycles. The standard InChI is InChI=1S/C22H23I/c1-2-3-7-17(12-13-23)14-20-10-6-11-21-15-18-8-4-5-9-19(18)16-22(20)21/h4-6,8-13,15-17H,2-3,7,14H2,1H3. The fourth-order valence-corrected chi connectivity index (χ4v) is 3.91. The summed E-state index contributed by atoms with van der Waals surface area (Å²) < 4.78 is 2.18. The molecule has 0 N–H and O–H groups in total. The molecule has 0 aliphatic heterocycles. The van der Waals surface area contributed by atoms with E-state index >= 15 is 0 Å². The van der Waals surface area contributed by atoms with Gasteiger partial charge < -0.3 is 0 Å². The highest BCUT2D eigenvalue weighted by atomic mass is 127. The molecule has 0 bridgehead atoms. The summed E-state index contributed by atoms with van der Waals surface area (Å²) in [6, 6.07) is 20.1. The summed E-state index contributed by atoms with van der Waals surface area (Å²) >= 11 is 2.35. The van der Waals surface area contributed by atoms with E-state index in [9.17, 15) is 0 Å². The Kier molecular flexibility index (Phi) is 5.71. The van der Waals surface area contributed by atoms with Gasteiger partial charge in [0.15, 0.2) is 0 Å². The smallest absolute Gasteiger partial charge is 0.0145 e. The van der Waals surface area contributed by atoms with Crippen molar-refractivity contribution in [1.29, 1.82) is 0 Å². The minimum absolute atomic E-state index is 0.643. The highest BCUT2D eigenvalue weighted by Crippen LogP contribution is 2.28. The van der Waals surface area contributed by atoms with Crippen molar-refractivity contribution in [2.75, 3.05) is 0 Å². The van der Waals surface area contributed by atoms with Crippen LogP contribution in [0, 0.1) is 5.92 Å². The summed E-state index contributed by atoms with van der Waals surface area (Å²) in [5, 5.41) is 5.43. The molecule has 0 aliphatic rings. The topological polar surface area (TPSA) is 0 Å². The molecule has 3 aromatic carbocycles. The Morgan fingerprint density at radius 2 is 1.70 bits per heavy atom. The number of fused-ring (bicyclic) bond motifs is 2. The Hall–Kier alpha value is -1.35. The molecule has 0 fully saturated rings. The maximum atomic E-state index is 2.37. The van der Waals surface area contributed by atoms with Crippen molar-refractivity contribution in [3.63, 3.8) is 0 Å². The second kappa shape index (κ2) is 7.96. The molecule has 0 spiro atoms. The van der Waals surface area contributed by atoms with Crippen molar-refractivity contribution in [3.8, 4) is 0 Å². The lowest BCUT2D eigenvalue weighted by Gasteiger charge is -2.15. The van der Waals surface area contributed by atoms with Gasteiger partial charge in [-0.1, -0.05) is 90.9 Å². The van der Waals surface area contributed by atoms with Crippen molar-refractivity contribution < 1.29 is 0 Å². The predicted octanol–water partition coefficient (Wildman–Crippen LogP) is 7.29. The Morgan fingerprint density at radius 3 is 2.43 bits per heavy atom. The summed E-state index contributed by atoms with van der Waals surface area (Å²) in [6.07, 6.45) is 7.36. The molecule has 0 aromatic heterocycles.